The molecule has 1 atom stereocenters. The zero-order valence-electron chi connectivity index (χ0n) is 14.3. The maximum Gasteiger partial charge on any atom is 0.417 e. The Morgan fingerprint density at radius 3 is 2.54 bits per heavy atom. The second kappa shape index (κ2) is 7.68. The van der Waals surface area contributed by atoms with E-state index in [1.54, 1.807) is 0 Å². The molecular formula is C16H14BrF3N4O3S. The van der Waals surface area contributed by atoms with Crippen LogP contribution in [0.1, 0.15) is 23.7 Å². The lowest BCUT2D eigenvalue weighted by Gasteiger charge is -2.17. The normalized spacial score (nSPS) is 17.2. The summed E-state index contributed by atoms with van der Waals surface area (Å²) in [6.45, 7) is 0. The van der Waals surface area contributed by atoms with Crippen molar-refractivity contribution in [2.75, 3.05) is 12.4 Å². The highest BCUT2D eigenvalue weighted by molar-refractivity contribution is 9.18. The lowest BCUT2D eigenvalue weighted by molar-refractivity contribution is -0.137. The SMILES string of the molecule is CNS(=O)(=O)c1ccc(Nc2ccc(C(F)(F)F)cn2)c([C@H]2CC(Br)=NO2)c1. The summed E-state index contributed by atoms with van der Waals surface area (Å²) in [7, 11) is -2.41. The summed E-state index contributed by atoms with van der Waals surface area (Å²) < 4.78 is 65.0. The summed E-state index contributed by atoms with van der Waals surface area (Å²) in [6.07, 6.45) is -3.97. The number of anilines is 2. The van der Waals surface area contributed by atoms with E-state index in [2.05, 4.69) is 36.1 Å². The van der Waals surface area contributed by atoms with E-state index in [4.69, 9.17) is 4.84 Å². The molecule has 28 heavy (non-hydrogen) atoms. The molecule has 0 bridgehead atoms. The molecule has 2 heterocycles. The fraction of sp³-hybridized carbons (Fsp3) is 0.250. The summed E-state index contributed by atoms with van der Waals surface area (Å²) in [5.41, 5.74) is 0.0335. The minimum absolute atomic E-state index is 0.0163. The van der Waals surface area contributed by atoms with Gasteiger partial charge < -0.3 is 10.2 Å². The molecule has 0 saturated carbocycles. The van der Waals surface area contributed by atoms with Gasteiger partial charge in [0.05, 0.1) is 10.5 Å². The first-order valence-corrected chi connectivity index (χ1v) is 10.1. The number of aromatic nitrogens is 1. The van der Waals surface area contributed by atoms with Gasteiger partial charge in [0.1, 0.15) is 10.4 Å². The van der Waals surface area contributed by atoms with Crippen molar-refractivity contribution in [2.24, 2.45) is 5.16 Å². The highest BCUT2D eigenvalue weighted by atomic mass is 79.9. The van der Waals surface area contributed by atoms with Crippen LogP contribution in [0.4, 0.5) is 24.7 Å². The molecule has 0 fully saturated rings. The summed E-state index contributed by atoms with van der Waals surface area (Å²) in [6, 6.07) is 6.37. The first-order chi connectivity index (χ1) is 13.1. The summed E-state index contributed by atoms with van der Waals surface area (Å²) in [4.78, 5) is 9.10. The maximum absolute atomic E-state index is 12.7. The summed E-state index contributed by atoms with van der Waals surface area (Å²) in [5.74, 6) is 0.163. The fourth-order valence-corrected chi connectivity index (χ4v) is 3.64. The van der Waals surface area contributed by atoms with Crippen LogP contribution < -0.4 is 10.0 Å². The van der Waals surface area contributed by atoms with E-state index in [1.165, 1.54) is 31.3 Å². The lowest BCUT2D eigenvalue weighted by atomic mass is 10.0. The van der Waals surface area contributed by atoms with Crippen LogP contribution in [0.2, 0.25) is 0 Å². The lowest BCUT2D eigenvalue weighted by Crippen LogP contribution is -2.19. The molecule has 0 spiro atoms. The van der Waals surface area contributed by atoms with Gasteiger partial charge in [-0.1, -0.05) is 5.16 Å². The van der Waals surface area contributed by atoms with Crippen LogP contribution in [0.15, 0.2) is 46.6 Å². The van der Waals surface area contributed by atoms with Crippen LogP contribution in [0.5, 0.6) is 0 Å². The predicted molar refractivity (Wildman–Crippen MR) is 100 cm³/mol. The van der Waals surface area contributed by atoms with Crippen molar-refractivity contribution in [3.63, 3.8) is 0 Å². The van der Waals surface area contributed by atoms with Crippen LogP contribution >= 0.6 is 15.9 Å². The third-order valence-electron chi connectivity index (χ3n) is 3.94. The highest BCUT2D eigenvalue weighted by Crippen LogP contribution is 2.36. The van der Waals surface area contributed by atoms with Gasteiger partial charge in [-0.25, -0.2) is 18.1 Å². The molecule has 0 amide bonds. The van der Waals surface area contributed by atoms with Crippen LogP contribution in [-0.2, 0) is 21.0 Å². The smallest absolute Gasteiger partial charge is 0.386 e. The number of hydrogen-bond donors (Lipinski definition) is 2. The Morgan fingerprint density at radius 1 is 1.25 bits per heavy atom. The van der Waals surface area contributed by atoms with Crippen LogP contribution in [-0.4, -0.2) is 25.1 Å². The van der Waals surface area contributed by atoms with Gasteiger partial charge >= 0.3 is 6.18 Å². The zero-order valence-corrected chi connectivity index (χ0v) is 16.7. The molecule has 2 aromatic rings. The number of rotatable bonds is 5. The molecule has 7 nitrogen and oxygen atoms in total. The molecule has 0 unspecified atom stereocenters. The average Bonchev–Trinajstić information content (AvgIpc) is 3.08. The van der Waals surface area contributed by atoms with Gasteiger partial charge in [-0.05, 0) is 53.3 Å². The molecule has 1 aliphatic rings. The Hall–Kier alpha value is -2.18. The van der Waals surface area contributed by atoms with Crippen LogP contribution in [0.3, 0.4) is 0 Å². The van der Waals surface area contributed by atoms with Crippen molar-refractivity contribution >= 4 is 42.1 Å². The van der Waals surface area contributed by atoms with Gasteiger partial charge in [0, 0.05) is 23.9 Å². The van der Waals surface area contributed by atoms with E-state index in [1.807, 2.05) is 0 Å². The molecule has 1 aromatic carbocycles. The molecule has 1 aromatic heterocycles. The molecule has 3 rings (SSSR count). The Balaban J connectivity index is 1.95. The van der Waals surface area contributed by atoms with Crippen LogP contribution in [0.25, 0.3) is 0 Å². The van der Waals surface area contributed by atoms with Gasteiger partial charge in [0.25, 0.3) is 0 Å². The molecule has 0 radical (unpaired) electrons. The third-order valence-corrected chi connectivity index (χ3v) is 5.82. The minimum Gasteiger partial charge on any atom is -0.386 e. The number of pyridine rings is 1. The Bertz CT molecular complexity index is 1010. The quantitative estimate of drug-likeness (QED) is 0.679. The number of nitrogens with zero attached hydrogens (tertiary/aromatic N) is 2. The number of benzene rings is 1. The average molecular weight is 479 g/mol. The number of hydrogen-bond acceptors (Lipinski definition) is 6. The number of oxime groups is 1. The number of sulfonamides is 1. The van der Waals surface area contributed by atoms with Gasteiger partial charge in [-0.15, -0.1) is 0 Å². The largest absolute Gasteiger partial charge is 0.417 e. The van der Waals surface area contributed by atoms with Crippen molar-refractivity contribution in [3.05, 3.63) is 47.7 Å². The second-order valence-electron chi connectivity index (χ2n) is 5.78. The van der Waals surface area contributed by atoms with Crippen molar-refractivity contribution in [1.29, 1.82) is 0 Å². The number of nitrogens with one attached hydrogen (secondary N) is 2. The Morgan fingerprint density at radius 2 is 2.00 bits per heavy atom. The summed E-state index contributed by atoms with van der Waals surface area (Å²) in [5, 5.41) is 6.69. The van der Waals surface area contributed by atoms with Gasteiger partial charge in [-0.2, -0.15) is 13.2 Å². The summed E-state index contributed by atoms with van der Waals surface area (Å²) >= 11 is 3.22. The standard InChI is InChI=1S/C16H14BrF3N4O3S/c1-21-28(25,26)10-3-4-12(11(6-10)13-7-14(17)24-27-13)23-15-5-2-9(8-22-15)16(18,19)20/h2-6,8,13,21H,7H2,1H3,(H,22,23)/t13-/m1/s1. The second-order valence-corrected chi connectivity index (χ2v) is 8.58. The third kappa shape index (κ3) is 4.45. The number of alkyl halides is 3. The fourth-order valence-electron chi connectivity index (χ4n) is 2.49. The van der Waals surface area contributed by atoms with Crippen molar-refractivity contribution in [3.8, 4) is 0 Å². The minimum atomic E-state index is -4.48. The molecule has 0 saturated heterocycles. The van der Waals surface area contributed by atoms with E-state index in [9.17, 15) is 21.6 Å². The van der Waals surface area contributed by atoms with E-state index >= 15 is 0 Å². The molecule has 2 N–H and O–H groups in total. The highest BCUT2D eigenvalue weighted by Gasteiger charge is 2.31. The molecule has 12 heteroatoms. The van der Waals surface area contributed by atoms with Gasteiger partial charge in [0.2, 0.25) is 10.0 Å². The maximum atomic E-state index is 12.7. The Labute approximate surface area is 167 Å². The van der Waals surface area contributed by atoms with Crippen molar-refractivity contribution < 1.29 is 26.4 Å². The molecule has 0 aliphatic carbocycles. The Kier molecular flexibility index (Phi) is 5.64. The van der Waals surface area contributed by atoms with Crippen molar-refractivity contribution in [2.45, 2.75) is 23.6 Å². The van der Waals surface area contributed by atoms with E-state index in [-0.39, 0.29) is 10.7 Å². The van der Waals surface area contributed by atoms with Crippen LogP contribution in [0, 0.1) is 0 Å². The number of halogens is 4. The van der Waals surface area contributed by atoms with Gasteiger partial charge in [-0.3, -0.25) is 0 Å². The van der Waals surface area contributed by atoms with E-state index in [0.29, 0.717) is 28.5 Å². The predicted octanol–water partition coefficient (Wildman–Crippen LogP) is 3.92. The monoisotopic (exact) mass is 478 g/mol. The molecular weight excluding hydrogens is 465 g/mol. The first kappa shape index (κ1) is 20.6. The topological polar surface area (TPSA) is 92.7 Å². The molecule has 1 aliphatic heterocycles. The first-order valence-electron chi connectivity index (χ1n) is 7.86. The zero-order chi connectivity index (χ0) is 20.5. The van der Waals surface area contributed by atoms with Gasteiger partial charge in [0.15, 0.2) is 6.10 Å². The van der Waals surface area contributed by atoms with E-state index < -0.39 is 27.9 Å². The van der Waals surface area contributed by atoms with E-state index in [0.717, 1.165) is 6.07 Å². The molecule has 150 valence electrons. The van der Waals surface area contributed by atoms with Crippen molar-refractivity contribution in [1.82, 2.24) is 9.71 Å².